The Kier molecular flexibility index (Phi) is 9.40. The Balaban J connectivity index is 1.18. The molecule has 0 atom stereocenters. The van der Waals surface area contributed by atoms with Crippen LogP contribution in [0.25, 0.3) is 32.5 Å². The zero-order valence-corrected chi connectivity index (χ0v) is 25.4. The molecule has 0 spiro atoms. The van der Waals surface area contributed by atoms with Crippen LogP contribution in [0.15, 0.2) is 30.5 Å². The van der Waals surface area contributed by atoms with E-state index in [2.05, 4.69) is 49.0 Å². The normalized spacial score (nSPS) is 17.5. The van der Waals surface area contributed by atoms with Crippen molar-refractivity contribution in [2.24, 2.45) is 0 Å². The second-order valence-corrected chi connectivity index (χ2v) is 12.8. The van der Waals surface area contributed by atoms with E-state index in [0.29, 0.717) is 6.42 Å². The van der Waals surface area contributed by atoms with Crippen molar-refractivity contribution in [1.82, 2.24) is 34.9 Å². The molecular formula is C31H42N8O2S. The zero-order valence-electron chi connectivity index (χ0n) is 24.6. The van der Waals surface area contributed by atoms with Crippen LogP contribution >= 0.6 is 11.3 Å². The lowest BCUT2D eigenvalue weighted by Crippen LogP contribution is -2.47. The lowest BCUT2D eigenvalue weighted by molar-refractivity contribution is -0.121. The number of thiophene rings is 1. The summed E-state index contributed by atoms with van der Waals surface area (Å²) in [5.74, 6) is 1.76. The average Bonchev–Trinajstić information content (AvgIpc) is 3.66. The number of ketones is 1. The summed E-state index contributed by atoms with van der Waals surface area (Å²) in [7, 11) is 2.20. The van der Waals surface area contributed by atoms with E-state index in [1.807, 2.05) is 29.7 Å². The Bertz CT molecular complexity index is 1490. The summed E-state index contributed by atoms with van der Waals surface area (Å²) in [5.41, 5.74) is 3.04. The summed E-state index contributed by atoms with van der Waals surface area (Å²) in [4.78, 5) is 32.9. The Morgan fingerprint density at radius 2 is 1.76 bits per heavy atom. The maximum atomic E-state index is 11.3. The highest BCUT2D eigenvalue weighted by atomic mass is 32.1. The molecule has 4 aromatic rings. The molecule has 6 rings (SSSR count). The van der Waals surface area contributed by atoms with E-state index in [9.17, 15) is 4.79 Å². The van der Waals surface area contributed by atoms with Crippen molar-refractivity contribution in [2.75, 3.05) is 77.5 Å². The standard InChI is InChI=1S/C31H42N8O2S/c1-36-11-13-38(14-12-36)21-24-19-28-29(42-24)31(34-30(33-28)25-8-6-9-27-26(25)20-32-35-27)39-17-15-37(16-18-39)10-5-3-2-4-7-23(41)22-40/h6,8-9,19-20,40H,2-5,7,10-18,21-22H2,1H3,(H,32,35). The number of nitrogens with one attached hydrogen (secondary N) is 1. The fourth-order valence-electron chi connectivity index (χ4n) is 6.04. The number of fused-ring (bicyclic) bond motifs is 2. The number of likely N-dealkylation sites (N-methyl/N-ethyl adjacent to an activating group) is 1. The number of aliphatic hydroxyl groups is 1. The van der Waals surface area contributed by atoms with Gasteiger partial charge in [-0.15, -0.1) is 11.3 Å². The minimum atomic E-state index is -0.327. The SMILES string of the molecule is CN1CCN(Cc2cc3nc(-c4cccc5[nH]ncc45)nc(N4CCN(CCCCCCC(=O)CO)CC4)c3s2)CC1. The molecule has 0 bridgehead atoms. The Hall–Kier alpha value is -2.96. The monoisotopic (exact) mass is 590 g/mol. The molecule has 3 aromatic heterocycles. The maximum Gasteiger partial charge on any atom is 0.162 e. The molecule has 2 aliphatic rings. The summed E-state index contributed by atoms with van der Waals surface area (Å²) in [6.45, 7) is 10.1. The van der Waals surface area contributed by atoms with E-state index < -0.39 is 0 Å². The number of hydrogen-bond acceptors (Lipinski definition) is 10. The van der Waals surface area contributed by atoms with Gasteiger partial charge in [-0.25, -0.2) is 9.97 Å². The van der Waals surface area contributed by atoms with E-state index in [0.717, 1.165) is 125 Å². The number of carbonyl (C=O) groups is 1. The molecule has 224 valence electrons. The number of aromatic amines is 1. The second-order valence-electron chi connectivity index (χ2n) is 11.7. The molecule has 11 heteroatoms. The molecule has 1 aromatic carbocycles. The zero-order chi connectivity index (χ0) is 28.9. The first-order valence-corrected chi connectivity index (χ1v) is 16.1. The van der Waals surface area contributed by atoms with E-state index in [1.54, 1.807) is 0 Å². The second kappa shape index (κ2) is 13.6. The maximum absolute atomic E-state index is 11.3. The number of carbonyl (C=O) groups excluding carboxylic acids is 1. The molecule has 10 nitrogen and oxygen atoms in total. The van der Waals surface area contributed by atoms with Gasteiger partial charge >= 0.3 is 0 Å². The molecule has 2 saturated heterocycles. The molecule has 0 aliphatic carbocycles. The molecule has 0 amide bonds. The molecule has 5 heterocycles. The van der Waals surface area contributed by atoms with Crippen LogP contribution in [0.3, 0.4) is 0 Å². The highest BCUT2D eigenvalue weighted by Gasteiger charge is 2.24. The first-order valence-electron chi connectivity index (χ1n) is 15.3. The van der Waals surface area contributed by atoms with Gasteiger partial charge in [-0.05, 0) is 38.6 Å². The number of rotatable bonds is 12. The van der Waals surface area contributed by atoms with Gasteiger partial charge in [0.25, 0.3) is 0 Å². The fourth-order valence-corrected chi connectivity index (χ4v) is 7.20. The molecule has 2 aliphatic heterocycles. The Labute approximate surface area is 251 Å². The number of Topliss-reactive ketones (excluding diaryl/α,β-unsaturated/α-hetero) is 1. The number of hydrogen-bond donors (Lipinski definition) is 2. The van der Waals surface area contributed by atoms with Gasteiger partial charge in [-0.2, -0.15) is 5.10 Å². The quantitative estimate of drug-likeness (QED) is 0.240. The molecule has 0 saturated carbocycles. The van der Waals surface area contributed by atoms with Gasteiger partial charge in [0.05, 0.1) is 21.9 Å². The van der Waals surface area contributed by atoms with Crippen LogP contribution in [-0.4, -0.2) is 118 Å². The highest BCUT2D eigenvalue weighted by Crippen LogP contribution is 2.36. The largest absolute Gasteiger partial charge is 0.389 e. The van der Waals surface area contributed by atoms with Crippen molar-refractivity contribution in [1.29, 1.82) is 0 Å². The predicted octanol–water partition coefficient (Wildman–Crippen LogP) is 3.62. The van der Waals surface area contributed by atoms with E-state index >= 15 is 0 Å². The van der Waals surface area contributed by atoms with Gasteiger partial charge < -0.3 is 14.9 Å². The van der Waals surface area contributed by atoms with E-state index in [4.69, 9.17) is 15.1 Å². The van der Waals surface area contributed by atoms with Crippen molar-refractivity contribution < 1.29 is 9.90 Å². The van der Waals surface area contributed by atoms with Crippen molar-refractivity contribution in [3.63, 3.8) is 0 Å². The fraction of sp³-hybridized carbons (Fsp3) is 0.548. The molecule has 0 radical (unpaired) electrons. The van der Waals surface area contributed by atoms with Crippen LogP contribution in [0.2, 0.25) is 0 Å². The van der Waals surface area contributed by atoms with Gasteiger partial charge in [0, 0.05) is 81.2 Å². The first-order chi connectivity index (χ1) is 20.6. The number of unbranched alkanes of at least 4 members (excludes halogenated alkanes) is 3. The minimum absolute atomic E-state index is 0.0493. The molecule has 42 heavy (non-hydrogen) atoms. The summed E-state index contributed by atoms with van der Waals surface area (Å²) >= 11 is 1.85. The smallest absolute Gasteiger partial charge is 0.162 e. The lowest BCUT2D eigenvalue weighted by Gasteiger charge is -2.35. The van der Waals surface area contributed by atoms with Crippen molar-refractivity contribution in [3.8, 4) is 11.4 Å². The van der Waals surface area contributed by atoms with Crippen LogP contribution < -0.4 is 4.90 Å². The van der Waals surface area contributed by atoms with Crippen molar-refractivity contribution >= 4 is 44.1 Å². The molecule has 2 N–H and O–H groups in total. The summed E-state index contributed by atoms with van der Waals surface area (Å²) in [5, 5.41) is 17.3. The van der Waals surface area contributed by atoms with E-state index in [1.165, 1.54) is 9.58 Å². The third-order valence-electron chi connectivity index (χ3n) is 8.63. The number of aliphatic hydroxyl groups excluding tert-OH is 1. The summed E-state index contributed by atoms with van der Waals surface area (Å²) in [6.07, 6.45) is 6.56. The first kappa shape index (κ1) is 29.1. The minimum Gasteiger partial charge on any atom is -0.389 e. The average molecular weight is 591 g/mol. The number of aromatic nitrogens is 4. The van der Waals surface area contributed by atoms with Gasteiger partial charge in [0.15, 0.2) is 17.4 Å². The number of nitrogens with zero attached hydrogens (tertiary/aromatic N) is 7. The Morgan fingerprint density at radius 1 is 0.976 bits per heavy atom. The van der Waals surface area contributed by atoms with Crippen LogP contribution in [-0.2, 0) is 11.3 Å². The number of benzene rings is 1. The molecule has 2 fully saturated rings. The van der Waals surface area contributed by atoms with Crippen LogP contribution in [0, 0.1) is 0 Å². The van der Waals surface area contributed by atoms with Crippen molar-refractivity contribution in [2.45, 2.75) is 38.6 Å². The van der Waals surface area contributed by atoms with Crippen molar-refractivity contribution in [3.05, 3.63) is 35.3 Å². The van der Waals surface area contributed by atoms with Gasteiger partial charge in [-0.3, -0.25) is 19.7 Å². The van der Waals surface area contributed by atoms with Gasteiger partial charge in [0.1, 0.15) is 6.61 Å². The van der Waals surface area contributed by atoms with Crippen LogP contribution in [0.4, 0.5) is 5.82 Å². The van der Waals surface area contributed by atoms with Gasteiger partial charge in [-0.1, -0.05) is 25.0 Å². The third-order valence-corrected chi connectivity index (χ3v) is 9.74. The van der Waals surface area contributed by atoms with E-state index in [-0.39, 0.29) is 12.4 Å². The topological polar surface area (TPSA) is 105 Å². The predicted molar refractivity (Wildman–Crippen MR) is 169 cm³/mol. The number of H-pyrrole nitrogens is 1. The number of piperazine rings is 2. The molecular weight excluding hydrogens is 548 g/mol. The third kappa shape index (κ3) is 6.81. The van der Waals surface area contributed by atoms with Crippen LogP contribution in [0.5, 0.6) is 0 Å². The molecule has 0 unspecified atom stereocenters. The summed E-state index contributed by atoms with van der Waals surface area (Å²) in [6, 6.07) is 8.46. The van der Waals surface area contributed by atoms with Gasteiger partial charge in [0.2, 0.25) is 0 Å². The summed E-state index contributed by atoms with van der Waals surface area (Å²) < 4.78 is 1.19. The lowest BCUT2D eigenvalue weighted by atomic mass is 10.1. The number of anilines is 1. The highest BCUT2D eigenvalue weighted by molar-refractivity contribution is 7.19. The van der Waals surface area contributed by atoms with Crippen LogP contribution in [0.1, 0.15) is 37.0 Å². The Morgan fingerprint density at radius 3 is 2.57 bits per heavy atom.